The second-order valence-electron chi connectivity index (χ2n) is 4.12. The number of benzene rings is 1. The Balaban J connectivity index is 2.44. The van der Waals surface area contributed by atoms with Crippen molar-refractivity contribution in [2.75, 3.05) is 0 Å². The van der Waals surface area contributed by atoms with E-state index in [2.05, 4.69) is 15.7 Å². The number of halogens is 2. The van der Waals surface area contributed by atoms with Crippen LogP contribution < -0.4 is 11.3 Å². The minimum atomic E-state index is -0.922. The molecule has 2 rings (SSSR count). The first kappa shape index (κ1) is 13.6. The Morgan fingerprint density at radius 1 is 1.42 bits per heavy atom. The fourth-order valence-corrected chi connectivity index (χ4v) is 1.95. The number of hydrazine groups is 1. The van der Waals surface area contributed by atoms with E-state index in [0.29, 0.717) is 12.2 Å². The van der Waals surface area contributed by atoms with Crippen LogP contribution in [0.2, 0.25) is 0 Å². The molecule has 2 aromatic rings. The van der Waals surface area contributed by atoms with Crippen molar-refractivity contribution in [3.63, 3.8) is 0 Å². The molecule has 0 aliphatic carbocycles. The zero-order valence-electron chi connectivity index (χ0n) is 10.5. The zero-order chi connectivity index (χ0) is 13.8. The lowest BCUT2D eigenvalue weighted by Gasteiger charge is -2.17. The number of rotatable bonds is 5. The van der Waals surface area contributed by atoms with Crippen molar-refractivity contribution in [3.8, 4) is 0 Å². The normalized spacial score (nSPS) is 12.6. The number of nitrogens with two attached hydrogens (primary N) is 1. The summed E-state index contributed by atoms with van der Waals surface area (Å²) in [5, 5.41) is 7.70. The minimum Gasteiger partial charge on any atom is -0.271 e. The molecule has 0 saturated heterocycles. The Morgan fingerprint density at radius 2 is 2.21 bits per heavy atom. The van der Waals surface area contributed by atoms with Gasteiger partial charge in [0.15, 0.2) is 11.6 Å². The summed E-state index contributed by atoms with van der Waals surface area (Å²) in [7, 11) is 0. The van der Waals surface area contributed by atoms with Gasteiger partial charge >= 0.3 is 0 Å². The summed E-state index contributed by atoms with van der Waals surface area (Å²) < 4.78 is 28.7. The summed E-state index contributed by atoms with van der Waals surface area (Å²) in [4.78, 5) is 0. The van der Waals surface area contributed by atoms with Gasteiger partial charge < -0.3 is 0 Å². The summed E-state index contributed by atoms with van der Waals surface area (Å²) in [6.45, 7) is 2.61. The molecule has 1 heterocycles. The molecule has 0 bridgehead atoms. The first-order chi connectivity index (χ1) is 9.19. The van der Waals surface area contributed by atoms with Gasteiger partial charge in [0, 0.05) is 12.1 Å². The molecule has 19 heavy (non-hydrogen) atoms. The van der Waals surface area contributed by atoms with Crippen LogP contribution in [0.5, 0.6) is 0 Å². The molecule has 1 aromatic heterocycles. The lowest BCUT2D eigenvalue weighted by atomic mass is 10.0. The van der Waals surface area contributed by atoms with E-state index in [1.54, 1.807) is 4.68 Å². The van der Waals surface area contributed by atoms with Crippen LogP contribution in [-0.2, 0) is 6.54 Å². The van der Waals surface area contributed by atoms with Gasteiger partial charge in [-0.05, 0) is 12.5 Å². The molecular formula is C12H15F2N5. The Labute approximate surface area is 109 Å². The number of aryl methyl sites for hydroxylation is 1. The maximum Gasteiger partial charge on any atom is 0.164 e. The molecule has 0 spiro atoms. The highest BCUT2D eigenvalue weighted by molar-refractivity contribution is 5.28. The van der Waals surface area contributed by atoms with Crippen molar-refractivity contribution in [2.24, 2.45) is 5.84 Å². The van der Waals surface area contributed by atoms with Crippen LogP contribution in [0.4, 0.5) is 8.78 Å². The third-order valence-corrected chi connectivity index (χ3v) is 2.84. The van der Waals surface area contributed by atoms with Crippen LogP contribution in [0, 0.1) is 11.6 Å². The summed E-state index contributed by atoms with van der Waals surface area (Å²) >= 11 is 0. The lowest BCUT2D eigenvalue weighted by Crippen LogP contribution is -2.31. The molecule has 102 valence electrons. The molecule has 0 radical (unpaired) electrons. The Hall–Kier alpha value is -1.86. The van der Waals surface area contributed by atoms with Gasteiger partial charge in [0.2, 0.25) is 0 Å². The van der Waals surface area contributed by atoms with E-state index in [9.17, 15) is 8.78 Å². The highest BCUT2D eigenvalue weighted by Gasteiger charge is 2.22. The summed E-state index contributed by atoms with van der Waals surface area (Å²) in [6, 6.07) is 3.28. The van der Waals surface area contributed by atoms with Crippen molar-refractivity contribution >= 4 is 0 Å². The van der Waals surface area contributed by atoms with Crippen LogP contribution in [0.1, 0.15) is 30.6 Å². The topological polar surface area (TPSA) is 68.8 Å². The Kier molecular flexibility index (Phi) is 4.18. The monoisotopic (exact) mass is 267 g/mol. The molecule has 1 aromatic carbocycles. The fourth-order valence-electron chi connectivity index (χ4n) is 1.95. The third-order valence-electron chi connectivity index (χ3n) is 2.84. The molecule has 7 heteroatoms. The van der Waals surface area contributed by atoms with Gasteiger partial charge in [-0.2, -0.15) is 0 Å². The van der Waals surface area contributed by atoms with E-state index in [1.165, 1.54) is 18.3 Å². The van der Waals surface area contributed by atoms with Crippen molar-refractivity contribution in [3.05, 3.63) is 47.3 Å². The van der Waals surface area contributed by atoms with E-state index < -0.39 is 17.7 Å². The van der Waals surface area contributed by atoms with E-state index in [-0.39, 0.29) is 5.56 Å². The maximum absolute atomic E-state index is 13.8. The number of nitrogens with zero attached hydrogens (tertiary/aromatic N) is 3. The van der Waals surface area contributed by atoms with Crippen LogP contribution >= 0.6 is 0 Å². The molecule has 0 fully saturated rings. The SMILES string of the molecule is CCCn1nncc1C(NN)c1cccc(F)c1F. The van der Waals surface area contributed by atoms with Crippen molar-refractivity contribution in [2.45, 2.75) is 25.9 Å². The molecule has 5 nitrogen and oxygen atoms in total. The van der Waals surface area contributed by atoms with Gasteiger partial charge in [0.25, 0.3) is 0 Å². The van der Waals surface area contributed by atoms with Gasteiger partial charge in [-0.1, -0.05) is 24.3 Å². The fraction of sp³-hybridized carbons (Fsp3) is 0.333. The van der Waals surface area contributed by atoms with Crippen LogP contribution in [0.25, 0.3) is 0 Å². The Morgan fingerprint density at radius 3 is 2.89 bits per heavy atom. The van der Waals surface area contributed by atoms with Gasteiger partial charge in [-0.3, -0.25) is 5.84 Å². The smallest absolute Gasteiger partial charge is 0.164 e. The Bertz CT molecular complexity index is 555. The quantitative estimate of drug-likeness (QED) is 0.636. The van der Waals surface area contributed by atoms with Gasteiger partial charge in [-0.15, -0.1) is 5.10 Å². The van der Waals surface area contributed by atoms with Crippen molar-refractivity contribution in [1.82, 2.24) is 20.4 Å². The number of hydrogen-bond acceptors (Lipinski definition) is 4. The molecule has 3 N–H and O–H groups in total. The summed E-state index contributed by atoms with van der Waals surface area (Å²) in [6.07, 6.45) is 2.34. The van der Waals surface area contributed by atoms with E-state index >= 15 is 0 Å². The highest BCUT2D eigenvalue weighted by atomic mass is 19.2. The zero-order valence-corrected chi connectivity index (χ0v) is 10.5. The summed E-state index contributed by atoms with van der Waals surface area (Å²) in [5.41, 5.74) is 3.20. The standard InChI is InChI=1S/C12H15F2N5/c1-2-6-19-10(7-16-18-19)12(17-15)8-4-3-5-9(13)11(8)14/h3-5,7,12,17H,2,6,15H2,1H3. The van der Waals surface area contributed by atoms with Gasteiger partial charge in [0.05, 0.1) is 17.9 Å². The predicted octanol–water partition coefficient (Wildman–Crippen LogP) is 1.52. The molecule has 0 aliphatic rings. The lowest BCUT2D eigenvalue weighted by molar-refractivity contribution is 0.466. The molecule has 1 unspecified atom stereocenters. The van der Waals surface area contributed by atoms with Gasteiger partial charge in [0.1, 0.15) is 0 Å². The van der Waals surface area contributed by atoms with Gasteiger partial charge in [-0.25, -0.2) is 18.9 Å². The summed E-state index contributed by atoms with van der Waals surface area (Å²) in [5.74, 6) is 3.64. The maximum atomic E-state index is 13.8. The molecule has 0 aliphatic heterocycles. The second kappa shape index (κ2) is 5.85. The van der Waals surface area contributed by atoms with E-state index in [4.69, 9.17) is 5.84 Å². The molecule has 0 saturated carbocycles. The van der Waals surface area contributed by atoms with E-state index in [1.807, 2.05) is 6.92 Å². The third kappa shape index (κ3) is 2.61. The molecule has 1 atom stereocenters. The number of nitrogens with one attached hydrogen (secondary N) is 1. The average molecular weight is 267 g/mol. The number of aromatic nitrogens is 3. The first-order valence-corrected chi connectivity index (χ1v) is 5.97. The van der Waals surface area contributed by atoms with Crippen molar-refractivity contribution < 1.29 is 8.78 Å². The second-order valence-corrected chi connectivity index (χ2v) is 4.12. The largest absolute Gasteiger partial charge is 0.271 e. The van der Waals surface area contributed by atoms with Crippen LogP contribution in [0.3, 0.4) is 0 Å². The predicted molar refractivity (Wildman–Crippen MR) is 65.8 cm³/mol. The van der Waals surface area contributed by atoms with Crippen LogP contribution in [-0.4, -0.2) is 15.0 Å². The minimum absolute atomic E-state index is 0.127. The van der Waals surface area contributed by atoms with Crippen LogP contribution in [0.15, 0.2) is 24.4 Å². The highest BCUT2D eigenvalue weighted by Crippen LogP contribution is 2.24. The van der Waals surface area contributed by atoms with Crippen molar-refractivity contribution in [1.29, 1.82) is 0 Å². The number of hydrogen-bond donors (Lipinski definition) is 2. The molecule has 0 amide bonds. The van der Waals surface area contributed by atoms with E-state index in [0.717, 1.165) is 12.5 Å². The molecular weight excluding hydrogens is 252 g/mol. The average Bonchev–Trinajstić information content (AvgIpc) is 2.84. The first-order valence-electron chi connectivity index (χ1n) is 5.97.